The number of ether oxygens (including phenoxy) is 1. The quantitative estimate of drug-likeness (QED) is 0.651. The van der Waals surface area contributed by atoms with Crippen molar-refractivity contribution in [3.8, 4) is 11.8 Å². The van der Waals surface area contributed by atoms with Crippen LogP contribution in [0.25, 0.3) is 5.82 Å². The normalized spacial score (nSPS) is 11.9. The van der Waals surface area contributed by atoms with Crippen molar-refractivity contribution in [1.82, 2.24) is 19.5 Å². The van der Waals surface area contributed by atoms with E-state index in [2.05, 4.69) is 26.0 Å². The Morgan fingerprint density at radius 3 is 2.81 bits per heavy atom. The fourth-order valence-electron chi connectivity index (χ4n) is 2.37. The molecule has 1 aromatic carbocycles. The van der Waals surface area contributed by atoms with Crippen LogP contribution in [0.4, 0.5) is 0 Å². The summed E-state index contributed by atoms with van der Waals surface area (Å²) in [5.74, 6) is 0.633. The van der Waals surface area contributed by atoms with Crippen molar-refractivity contribution >= 4 is 6.21 Å². The number of rotatable bonds is 7. The lowest BCUT2D eigenvalue weighted by molar-refractivity contribution is 0.0249. The highest BCUT2D eigenvalue weighted by Crippen LogP contribution is 2.14. The van der Waals surface area contributed by atoms with Crippen LogP contribution in [0.3, 0.4) is 0 Å². The van der Waals surface area contributed by atoms with Crippen molar-refractivity contribution in [1.29, 1.82) is 0 Å². The molecule has 0 aliphatic carbocycles. The van der Waals surface area contributed by atoms with E-state index in [4.69, 9.17) is 4.74 Å². The maximum Gasteiger partial charge on any atom is 0.318 e. The Labute approximate surface area is 158 Å². The highest BCUT2D eigenvalue weighted by Gasteiger charge is 2.15. The van der Waals surface area contributed by atoms with Crippen LogP contribution in [0, 0.1) is 6.92 Å². The molecule has 2 aromatic heterocycles. The Kier molecular flexibility index (Phi) is 5.61. The van der Waals surface area contributed by atoms with Crippen LogP contribution in [0.2, 0.25) is 0 Å². The van der Waals surface area contributed by atoms with Gasteiger partial charge in [-0.25, -0.2) is 4.98 Å². The molecule has 0 atom stereocenters. The third-order valence-corrected chi connectivity index (χ3v) is 3.60. The van der Waals surface area contributed by atoms with Crippen molar-refractivity contribution in [2.75, 3.05) is 6.61 Å². The van der Waals surface area contributed by atoms with Gasteiger partial charge in [-0.1, -0.05) is 29.8 Å². The highest BCUT2D eigenvalue weighted by atomic mass is 16.5. The molecular weight excluding hydrogens is 342 g/mol. The van der Waals surface area contributed by atoms with E-state index in [0.717, 1.165) is 5.56 Å². The predicted molar refractivity (Wildman–Crippen MR) is 103 cm³/mol. The summed E-state index contributed by atoms with van der Waals surface area (Å²) in [6, 6.07) is 10.2. The molecular formula is C20H23N5O2. The van der Waals surface area contributed by atoms with Gasteiger partial charge in [0.05, 0.1) is 17.8 Å². The third kappa shape index (κ3) is 5.72. The molecule has 140 valence electrons. The first kappa shape index (κ1) is 18.7. The second-order valence-electron chi connectivity index (χ2n) is 6.96. The van der Waals surface area contributed by atoms with E-state index in [1.165, 1.54) is 5.56 Å². The standard InChI is InChI=1S/C20H23N5O2/c1-15-5-4-6-16(9-15)11-22-12-17-10-18(25-8-7-21-14-25)24-19(23-17)27-13-20(2,3)26/h4-11,14,26H,12-13H2,1-3H3. The van der Waals surface area contributed by atoms with Crippen molar-refractivity contribution in [2.45, 2.75) is 32.9 Å². The van der Waals surface area contributed by atoms with Crippen LogP contribution < -0.4 is 4.74 Å². The summed E-state index contributed by atoms with van der Waals surface area (Å²) in [5, 5.41) is 9.87. The van der Waals surface area contributed by atoms with Gasteiger partial charge in [-0.3, -0.25) is 9.56 Å². The molecule has 0 saturated heterocycles. The van der Waals surface area contributed by atoms with E-state index in [0.29, 0.717) is 18.1 Å². The average molecular weight is 365 g/mol. The van der Waals surface area contributed by atoms with Crippen molar-refractivity contribution in [3.05, 3.63) is 65.9 Å². The van der Waals surface area contributed by atoms with Gasteiger partial charge >= 0.3 is 6.01 Å². The number of hydrogen-bond acceptors (Lipinski definition) is 6. The number of imidazole rings is 1. The van der Waals surface area contributed by atoms with Gasteiger partial charge in [0, 0.05) is 24.7 Å². The lowest BCUT2D eigenvalue weighted by Crippen LogP contribution is -2.28. The van der Waals surface area contributed by atoms with Crippen LogP contribution in [0.1, 0.15) is 30.7 Å². The second-order valence-corrected chi connectivity index (χ2v) is 6.96. The molecule has 0 radical (unpaired) electrons. The largest absolute Gasteiger partial charge is 0.460 e. The molecule has 0 amide bonds. The average Bonchev–Trinajstić information content (AvgIpc) is 3.14. The fraction of sp³-hybridized carbons (Fsp3) is 0.300. The topological polar surface area (TPSA) is 85.4 Å². The number of nitrogens with zero attached hydrogens (tertiary/aromatic N) is 5. The summed E-state index contributed by atoms with van der Waals surface area (Å²) < 4.78 is 7.34. The van der Waals surface area contributed by atoms with Gasteiger partial charge in [-0.15, -0.1) is 0 Å². The van der Waals surface area contributed by atoms with Gasteiger partial charge in [-0.2, -0.15) is 9.97 Å². The van der Waals surface area contributed by atoms with Gasteiger partial charge in [0.15, 0.2) is 0 Å². The summed E-state index contributed by atoms with van der Waals surface area (Å²) in [7, 11) is 0. The molecule has 0 aliphatic heterocycles. The van der Waals surface area contributed by atoms with Crippen molar-refractivity contribution < 1.29 is 9.84 Å². The lowest BCUT2D eigenvalue weighted by atomic mass is 10.1. The Bertz CT molecular complexity index is 914. The van der Waals surface area contributed by atoms with E-state index in [9.17, 15) is 5.11 Å². The monoisotopic (exact) mass is 365 g/mol. The van der Waals surface area contributed by atoms with Gasteiger partial charge in [0.1, 0.15) is 18.8 Å². The maximum atomic E-state index is 9.87. The fourth-order valence-corrected chi connectivity index (χ4v) is 2.37. The zero-order chi connectivity index (χ0) is 19.3. The Morgan fingerprint density at radius 1 is 1.26 bits per heavy atom. The summed E-state index contributed by atoms with van der Waals surface area (Å²) >= 11 is 0. The first-order valence-corrected chi connectivity index (χ1v) is 8.67. The molecule has 0 aliphatic rings. The summed E-state index contributed by atoms with van der Waals surface area (Å²) in [6.07, 6.45) is 6.95. The van der Waals surface area contributed by atoms with Crippen molar-refractivity contribution in [2.24, 2.45) is 4.99 Å². The molecule has 1 N–H and O–H groups in total. The number of aliphatic imine (C=N–C) groups is 1. The number of benzene rings is 1. The maximum absolute atomic E-state index is 9.87. The third-order valence-electron chi connectivity index (χ3n) is 3.60. The molecule has 0 unspecified atom stereocenters. The smallest absolute Gasteiger partial charge is 0.318 e. The molecule has 2 heterocycles. The van der Waals surface area contributed by atoms with Crippen LogP contribution in [-0.4, -0.2) is 43.0 Å². The lowest BCUT2D eigenvalue weighted by Gasteiger charge is -2.17. The van der Waals surface area contributed by atoms with Crippen molar-refractivity contribution in [3.63, 3.8) is 0 Å². The minimum Gasteiger partial charge on any atom is -0.460 e. The molecule has 0 fully saturated rings. The molecule has 0 bridgehead atoms. The summed E-state index contributed by atoms with van der Waals surface area (Å²) in [5.41, 5.74) is 1.96. The van der Waals surface area contributed by atoms with Crippen LogP contribution in [0.5, 0.6) is 6.01 Å². The zero-order valence-electron chi connectivity index (χ0n) is 15.7. The van der Waals surface area contributed by atoms with Crippen LogP contribution >= 0.6 is 0 Å². The van der Waals surface area contributed by atoms with E-state index >= 15 is 0 Å². The number of aromatic nitrogens is 4. The molecule has 7 heteroatoms. The van der Waals surface area contributed by atoms with E-state index in [-0.39, 0.29) is 12.6 Å². The Morgan fingerprint density at radius 2 is 2.11 bits per heavy atom. The number of aliphatic hydroxyl groups is 1. The van der Waals surface area contributed by atoms with Gasteiger partial charge in [0.2, 0.25) is 0 Å². The number of hydrogen-bond donors (Lipinski definition) is 1. The predicted octanol–water partition coefficient (Wildman–Crippen LogP) is 2.74. The number of aryl methyl sites for hydroxylation is 1. The minimum absolute atomic E-state index is 0.0897. The van der Waals surface area contributed by atoms with Crippen LogP contribution in [0.15, 0.2) is 54.0 Å². The SMILES string of the molecule is Cc1cccc(C=NCc2cc(-n3ccnc3)nc(OCC(C)(C)O)n2)c1. The molecule has 0 spiro atoms. The Hall–Kier alpha value is -3.06. The first-order chi connectivity index (χ1) is 12.9. The zero-order valence-corrected chi connectivity index (χ0v) is 15.7. The molecule has 27 heavy (non-hydrogen) atoms. The molecule has 3 rings (SSSR count). The van der Waals surface area contributed by atoms with Gasteiger partial charge < -0.3 is 9.84 Å². The van der Waals surface area contributed by atoms with Gasteiger partial charge in [0.25, 0.3) is 0 Å². The van der Waals surface area contributed by atoms with E-state index in [1.54, 1.807) is 37.1 Å². The molecule has 3 aromatic rings. The van der Waals surface area contributed by atoms with E-state index in [1.807, 2.05) is 37.4 Å². The van der Waals surface area contributed by atoms with Gasteiger partial charge in [-0.05, 0) is 26.3 Å². The highest BCUT2D eigenvalue weighted by molar-refractivity contribution is 5.79. The minimum atomic E-state index is -0.974. The summed E-state index contributed by atoms with van der Waals surface area (Å²) in [4.78, 5) is 17.3. The summed E-state index contributed by atoms with van der Waals surface area (Å²) in [6.45, 7) is 5.86. The first-order valence-electron chi connectivity index (χ1n) is 8.67. The van der Waals surface area contributed by atoms with Crippen LogP contribution in [-0.2, 0) is 6.54 Å². The Balaban J connectivity index is 1.81. The molecule has 7 nitrogen and oxygen atoms in total. The second kappa shape index (κ2) is 8.09. The molecule has 0 saturated carbocycles. The van der Waals surface area contributed by atoms with E-state index < -0.39 is 5.60 Å².